The third kappa shape index (κ3) is 3.56. The van der Waals surface area contributed by atoms with E-state index >= 15 is 0 Å². The maximum absolute atomic E-state index is 5.38. The Bertz CT molecular complexity index is 608. The van der Waals surface area contributed by atoms with Gasteiger partial charge in [0.1, 0.15) is 0 Å². The minimum Gasteiger partial charge on any atom is -0.493 e. The van der Waals surface area contributed by atoms with Gasteiger partial charge in [-0.25, -0.2) is 0 Å². The maximum Gasteiger partial charge on any atom is 0.161 e. The van der Waals surface area contributed by atoms with Crippen LogP contribution in [-0.4, -0.2) is 20.8 Å². The Labute approximate surface area is 126 Å². The quantitative estimate of drug-likeness (QED) is 0.876. The van der Waals surface area contributed by atoms with E-state index in [1.807, 2.05) is 12.1 Å². The van der Waals surface area contributed by atoms with Crippen molar-refractivity contribution in [2.24, 2.45) is 0 Å². The molecule has 0 aliphatic heterocycles. The summed E-state index contributed by atoms with van der Waals surface area (Å²) in [7, 11) is 3.31. The van der Waals surface area contributed by atoms with Gasteiger partial charge >= 0.3 is 0 Å². The summed E-state index contributed by atoms with van der Waals surface area (Å²) >= 11 is 0. The van der Waals surface area contributed by atoms with Crippen LogP contribution in [0, 0.1) is 6.92 Å². The normalized spacial score (nSPS) is 10.5. The Morgan fingerprint density at radius 1 is 0.952 bits per heavy atom. The highest BCUT2D eigenvalue weighted by molar-refractivity contribution is 5.70. The lowest BCUT2D eigenvalue weighted by Gasteiger charge is -2.12. The summed E-state index contributed by atoms with van der Waals surface area (Å²) in [6, 6.07) is 12.6. The second kappa shape index (κ2) is 7.14. The van der Waals surface area contributed by atoms with Gasteiger partial charge in [0.25, 0.3) is 0 Å². The van der Waals surface area contributed by atoms with Crippen LogP contribution in [0.4, 0.5) is 0 Å². The van der Waals surface area contributed by atoms with Gasteiger partial charge in [-0.3, -0.25) is 0 Å². The van der Waals surface area contributed by atoms with Gasteiger partial charge in [0.05, 0.1) is 14.2 Å². The third-order valence-electron chi connectivity index (χ3n) is 3.56. The molecule has 0 unspecified atom stereocenters. The molecule has 3 nitrogen and oxygen atoms in total. The fourth-order valence-corrected chi connectivity index (χ4v) is 2.43. The topological polar surface area (TPSA) is 30.5 Å². The SMILES string of the molecule is CCNCc1ccc(-c2ccc(OC)c(OC)c2)c(C)c1. The molecular weight excluding hydrogens is 262 g/mol. The van der Waals surface area contributed by atoms with E-state index in [0.717, 1.165) is 30.2 Å². The second-order valence-corrected chi connectivity index (χ2v) is 5.00. The highest BCUT2D eigenvalue weighted by Gasteiger charge is 2.08. The van der Waals surface area contributed by atoms with Crippen molar-refractivity contribution in [1.29, 1.82) is 0 Å². The molecule has 1 N–H and O–H groups in total. The predicted molar refractivity (Wildman–Crippen MR) is 87.1 cm³/mol. The van der Waals surface area contributed by atoms with Crippen molar-refractivity contribution in [3.8, 4) is 22.6 Å². The Morgan fingerprint density at radius 2 is 1.71 bits per heavy atom. The van der Waals surface area contributed by atoms with E-state index < -0.39 is 0 Å². The average Bonchev–Trinajstić information content (AvgIpc) is 2.52. The van der Waals surface area contributed by atoms with Crippen LogP contribution >= 0.6 is 0 Å². The number of benzene rings is 2. The highest BCUT2D eigenvalue weighted by atomic mass is 16.5. The molecule has 0 radical (unpaired) electrons. The van der Waals surface area contributed by atoms with Gasteiger partial charge in [-0.1, -0.05) is 31.2 Å². The molecule has 0 heterocycles. The Morgan fingerprint density at radius 3 is 2.33 bits per heavy atom. The monoisotopic (exact) mass is 285 g/mol. The molecule has 0 spiro atoms. The summed E-state index contributed by atoms with van der Waals surface area (Å²) in [5.41, 5.74) is 4.92. The van der Waals surface area contributed by atoms with Crippen LogP contribution in [0.3, 0.4) is 0 Å². The fourth-order valence-electron chi connectivity index (χ4n) is 2.43. The van der Waals surface area contributed by atoms with E-state index in [2.05, 4.69) is 43.4 Å². The Kier molecular flexibility index (Phi) is 5.23. The van der Waals surface area contributed by atoms with E-state index in [9.17, 15) is 0 Å². The molecular formula is C18H23NO2. The highest BCUT2D eigenvalue weighted by Crippen LogP contribution is 2.33. The van der Waals surface area contributed by atoms with Crippen molar-refractivity contribution in [3.63, 3.8) is 0 Å². The van der Waals surface area contributed by atoms with Crippen molar-refractivity contribution in [3.05, 3.63) is 47.5 Å². The number of methoxy groups -OCH3 is 2. The van der Waals surface area contributed by atoms with Crippen LogP contribution in [0.25, 0.3) is 11.1 Å². The summed E-state index contributed by atoms with van der Waals surface area (Å²) in [5, 5.41) is 3.35. The first kappa shape index (κ1) is 15.4. The van der Waals surface area contributed by atoms with Gasteiger partial charge in [-0.15, -0.1) is 0 Å². The van der Waals surface area contributed by atoms with E-state index in [0.29, 0.717) is 0 Å². The smallest absolute Gasteiger partial charge is 0.161 e. The number of aryl methyl sites for hydroxylation is 1. The average molecular weight is 285 g/mol. The summed E-state index contributed by atoms with van der Waals surface area (Å²) in [4.78, 5) is 0. The van der Waals surface area contributed by atoms with Crippen LogP contribution in [0.2, 0.25) is 0 Å². The van der Waals surface area contributed by atoms with E-state index in [-0.39, 0.29) is 0 Å². The summed E-state index contributed by atoms with van der Waals surface area (Å²) < 4.78 is 10.7. The van der Waals surface area contributed by atoms with Crippen molar-refractivity contribution in [2.75, 3.05) is 20.8 Å². The zero-order valence-corrected chi connectivity index (χ0v) is 13.2. The lowest BCUT2D eigenvalue weighted by atomic mass is 9.98. The molecule has 0 saturated heterocycles. The molecule has 2 aromatic carbocycles. The van der Waals surface area contributed by atoms with Gasteiger partial charge in [0.2, 0.25) is 0 Å². The summed E-state index contributed by atoms with van der Waals surface area (Å²) in [5.74, 6) is 1.51. The van der Waals surface area contributed by atoms with E-state index in [1.165, 1.54) is 16.7 Å². The molecule has 0 aliphatic rings. The zero-order chi connectivity index (χ0) is 15.2. The first-order valence-electron chi connectivity index (χ1n) is 7.22. The summed E-state index contributed by atoms with van der Waals surface area (Å²) in [6.07, 6.45) is 0. The van der Waals surface area contributed by atoms with Crippen LogP contribution in [0.1, 0.15) is 18.1 Å². The summed E-state index contributed by atoms with van der Waals surface area (Å²) in [6.45, 7) is 6.15. The molecule has 0 atom stereocenters. The van der Waals surface area contributed by atoms with E-state index in [1.54, 1.807) is 14.2 Å². The largest absolute Gasteiger partial charge is 0.493 e. The number of ether oxygens (including phenoxy) is 2. The molecule has 0 amide bonds. The lowest BCUT2D eigenvalue weighted by molar-refractivity contribution is 0.355. The van der Waals surface area contributed by atoms with Gasteiger partial charge in [-0.05, 0) is 47.9 Å². The zero-order valence-electron chi connectivity index (χ0n) is 13.2. The number of hydrogen-bond donors (Lipinski definition) is 1. The van der Waals surface area contributed by atoms with Gasteiger partial charge < -0.3 is 14.8 Å². The molecule has 2 rings (SSSR count). The minimum atomic E-state index is 0.752. The second-order valence-electron chi connectivity index (χ2n) is 5.00. The van der Waals surface area contributed by atoms with Crippen molar-refractivity contribution >= 4 is 0 Å². The number of hydrogen-bond acceptors (Lipinski definition) is 3. The molecule has 21 heavy (non-hydrogen) atoms. The molecule has 3 heteroatoms. The van der Waals surface area contributed by atoms with Crippen molar-refractivity contribution in [2.45, 2.75) is 20.4 Å². The van der Waals surface area contributed by atoms with Gasteiger partial charge in [0.15, 0.2) is 11.5 Å². The molecule has 112 valence electrons. The standard InChI is InChI=1S/C18H23NO2/c1-5-19-12-14-6-8-16(13(2)10-14)15-7-9-17(20-3)18(11-15)21-4/h6-11,19H,5,12H2,1-4H3. The molecule has 0 bridgehead atoms. The molecule has 0 aliphatic carbocycles. The maximum atomic E-state index is 5.38. The van der Waals surface area contributed by atoms with Crippen molar-refractivity contribution in [1.82, 2.24) is 5.32 Å². The predicted octanol–water partition coefficient (Wildman–Crippen LogP) is 3.79. The van der Waals surface area contributed by atoms with Crippen LogP contribution in [0.15, 0.2) is 36.4 Å². The van der Waals surface area contributed by atoms with Gasteiger partial charge in [0, 0.05) is 6.54 Å². The van der Waals surface area contributed by atoms with E-state index in [4.69, 9.17) is 9.47 Å². The third-order valence-corrected chi connectivity index (χ3v) is 3.56. The number of rotatable bonds is 6. The van der Waals surface area contributed by atoms with Crippen molar-refractivity contribution < 1.29 is 9.47 Å². The minimum absolute atomic E-state index is 0.752. The molecule has 0 fully saturated rings. The van der Waals surface area contributed by atoms with Crippen LogP contribution in [-0.2, 0) is 6.54 Å². The van der Waals surface area contributed by atoms with Crippen LogP contribution < -0.4 is 14.8 Å². The Balaban J connectivity index is 2.33. The first-order valence-corrected chi connectivity index (χ1v) is 7.22. The van der Waals surface area contributed by atoms with Gasteiger partial charge in [-0.2, -0.15) is 0 Å². The lowest BCUT2D eigenvalue weighted by Crippen LogP contribution is -2.11. The fraction of sp³-hybridized carbons (Fsp3) is 0.333. The number of nitrogens with one attached hydrogen (secondary N) is 1. The molecule has 2 aromatic rings. The first-order chi connectivity index (χ1) is 10.2. The Hall–Kier alpha value is -2.00. The van der Waals surface area contributed by atoms with Crippen LogP contribution in [0.5, 0.6) is 11.5 Å². The molecule has 0 aromatic heterocycles. The molecule has 0 saturated carbocycles.